The van der Waals surface area contributed by atoms with Crippen LogP contribution in [-0.4, -0.2) is 43.5 Å². The van der Waals surface area contributed by atoms with Crippen molar-refractivity contribution in [3.63, 3.8) is 0 Å². The van der Waals surface area contributed by atoms with E-state index in [4.69, 9.17) is 10.00 Å². The van der Waals surface area contributed by atoms with Gasteiger partial charge in [-0.3, -0.25) is 0 Å². The second-order valence-electron chi connectivity index (χ2n) is 5.33. The summed E-state index contributed by atoms with van der Waals surface area (Å²) in [7, 11) is 1.66. The number of ether oxygens (including phenoxy) is 1. The molecule has 0 amide bonds. The van der Waals surface area contributed by atoms with Crippen molar-refractivity contribution < 1.29 is 4.74 Å². The zero-order chi connectivity index (χ0) is 16.9. The molecule has 0 bridgehead atoms. The van der Waals surface area contributed by atoms with Crippen LogP contribution in [0.5, 0.6) is 0 Å². The molecule has 0 saturated carbocycles. The Labute approximate surface area is 139 Å². The van der Waals surface area contributed by atoms with Crippen molar-refractivity contribution in [2.75, 3.05) is 13.7 Å². The molecule has 0 aliphatic carbocycles. The van der Waals surface area contributed by atoms with Crippen molar-refractivity contribution >= 4 is 0 Å². The number of methoxy groups -OCH3 is 1. The van der Waals surface area contributed by atoms with Crippen molar-refractivity contribution in [2.24, 2.45) is 0 Å². The van der Waals surface area contributed by atoms with Crippen LogP contribution in [0.1, 0.15) is 24.4 Å². The van der Waals surface area contributed by atoms with Gasteiger partial charge in [-0.2, -0.15) is 5.26 Å². The van der Waals surface area contributed by atoms with Gasteiger partial charge in [0.2, 0.25) is 0 Å². The van der Waals surface area contributed by atoms with Crippen molar-refractivity contribution in [1.29, 1.82) is 5.26 Å². The highest BCUT2D eigenvalue weighted by Crippen LogP contribution is 2.20. The molecular formula is C16H17N7O. The van der Waals surface area contributed by atoms with Gasteiger partial charge in [-0.1, -0.05) is 17.3 Å². The van der Waals surface area contributed by atoms with E-state index < -0.39 is 0 Å². The summed E-state index contributed by atoms with van der Waals surface area (Å²) in [6.07, 6.45) is 3.52. The highest BCUT2D eigenvalue weighted by Gasteiger charge is 2.17. The number of nitriles is 1. The van der Waals surface area contributed by atoms with E-state index in [9.17, 15) is 0 Å². The molecule has 0 unspecified atom stereocenters. The molecule has 8 heteroatoms. The molecule has 3 rings (SSSR count). The van der Waals surface area contributed by atoms with Gasteiger partial charge in [0.15, 0.2) is 5.82 Å². The summed E-state index contributed by atoms with van der Waals surface area (Å²) in [5, 5.41) is 25.6. The first kappa shape index (κ1) is 15.8. The van der Waals surface area contributed by atoms with Gasteiger partial charge < -0.3 is 9.30 Å². The topological polar surface area (TPSA) is 94.4 Å². The quantitative estimate of drug-likeness (QED) is 0.685. The molecule has 8 nitrogen and oxygen atoms in total. The first-order valence-electron chi connectivity index (χ1n) is 7.52. The van der Waals surface area contributed by atoms with Crippen LogP contribution >= 0.6 is 0 Å². The molecule has 0 fully saturated rings. The highest BCUT2D eigenvalue weighted by molar-refractivity contribution is 5.60. The monoisotopic (exact) mass is 323 g/mol. The molecule has 3 aromatic rings. The van der Waals surface area contributed by atoms with Crippen molar-refractivity contribution in [3.8, 4) is 17.3 Å². The van der Waals surface area contributed by atoms with Crippen molar-refractivity contribution in [1.82, 2.24) is 29.8 Å². The Morgan fingerprint density at radius 3 is 3.00 bits per heavy atom. The lowest BCUT2D eigenvalue weighted by molar-refractivity contribution is 0.185. The predicted molar refractivity (Wildman–Crippen MR) is 85.9 cm³/mol. The first-order chi connectivity index (χ1) is 11.7. The molecule has 2 aromatic heterocycles. The molecule has 24 heavy (non-hydrogen) atoms. The summed E-state index contributed by atoms with van der Waals surface area (Å²) in [6.45, 7) is 3.24. The second kappa shape index (κ2) is 7.02. The van der Waals surface area contributed by atoms with Gasteiger partial charge >= 0.3 is 0 Å². The number of aromatic nitrogens is 6. The Hall–Kier alpha value is -3.05. The van der Waals surface area contributed by atoms with Gasteiger partial charge in [-0.15, -0.1) is 15.3 Å². The molecule has 0 aliphatic heterocycles. The van der Waals surface area contributed by atoms with Crippen LogP contribution in [0.2, 0.25) is 0 Å². The second-order valence-corrected chi connectivity index (χ2v) is 5.33. The van der Waals surface area contributed by atoms with Crippen LogP contribution in [0.4, 0.5) is 0 Å². The molecule has 1 aromatic carbocycles. The summed E-state index contributed by atoms with van der Waals surface area (Å²) >= 11 is 0. The normalized spacial score (nSPS) is 12.0. The smallest absolute Gasteiger partial charge is 0.157 e. The number of hydrogen-bond donors (Lipinski definition) is 0. The fraction of sp³-hybridized carbons (Fsp3) is 0.312. The van der Waals surface area contributed by atoms with Gasteiger partial charge in [0, 0.05) is 19.2 Å². The molecule has 0 aliphatic rings. The highest BCUT2D eigenvalue weighted by atomic mass is 16.5. The molecule has 1 atom stereocenters. The summed E-state index contributed by atoms with van der Waals surface area (Å²) in [4.78, 5) is 0. The number of hydrogen-bond acceptors (Lipinski definition) is 6. The van der Waals surface area contributed by atoms with Gasteiger partial charge in [-0.25, -0.2) is 4.68 Å². The Morgan fingerprint density at radius 2 is 2.21 bits per heavy atom. The van der Waals surface area contributed by atoms with Gasteiger partial charge in [-0.05, 0) is 19.1 Å². The Bertz CT molecular complexity index is 861. The van der Waals surface area contributed by atoms with E-state index in [1.807, 2.05) is 29.8 Å². The summed E-state index contributed by atoms with van der Waals surface area (Å²) < 4.78 is 8.78. The molecule has 0 spiro atoms. The van der Waals surface area contributed by atoms with E-state index in [0.717, 1.165) is 11.4 Å². The summed E-state index contributed by atoms with van der Waals surface area (Å²) in [5.41, 5.74) is 2.16. The average molecular weight is 323 g/mol. The standard InChI is InChI=1S/C16H17N7O/c1-12(16-20-18-11-22(16)6-7-24-2)23-10-15(19-21-23)14-5-3-4-13(8-14)9-17/h3-5,8,10-12H,6-7H2,1-2H3/t12-/m1/s1. The predicted octanol–water partition coefficient (Wildman–Crippen LogP) is 1.66. The minimum atomic E-state index is -0.121. The summed E-state index contributed by atoms with van der Waals surface area (Å²) in [5.74, 6) is 0.786. The van der Waals surface area contributed by atoms with Gasteiger partial charge in [0.1, 0.15) is 18.1 Å². The van der Waals surface area contributed by atoms with E-state index in [-0.39, 0.29) is 6.04 Å². The third kappa shape index (κ3) is 3.16. The minimum Gasteiger partial charge on any atom is -0.383 e. The lowest BCUT2D eigenvalue weighted by atomic mass is 10.1. The van der Waals surface area contributed by atoms with Crippen molar-refractivity contribution in [2.45, 2.75) is 19.5 Å². The van der Waals surface area contributed by atoms with E-state index in [0.29, 0.717) is 24.4 Å². The van der Waals surface area contributed by atoms with Crippen LogP contribution < -0.4 is 0 Å². The average Bonchev–Trinajstić information content (AvgIpc) is 3.29. The molecule has 2 heterocycles. The maximum absolute atomic E-state index is 9.01. The Balaban J connectivity index is 1.85. The zero-order valence-corrected chi connectivity index (χ0v) is 13.5. The number of nitrogens with zero attached hydrogens (tertiary/aromatic N) is 7. The van der Waals surface area contributed by atoms with Gasteiger partial charge in [0.25, 0.3) is 0 Å². The third-order valence-corrected chi connectivity index (χ3v) is 3.75. The van der Waals surface area contributed by atoms with Crippen LogP contribution in [0.3, 0.4) is 0 Å². The minimum absolute atomic E-state index is 0.121. The van der Waals surface area contributed by atoms with Crippen LogP contribution in [0, 0.1) is 11.3 Å². The molecule has 0 saturated heterocycles. The lowest BCUT2D eigenvalue weighted by Crippen LogP contribution is -2.15. The lowest BCUT2D eigenvalue weighted by Gasteiger charge is -2.12. The first-order valence-corrected chi connectivity index (χ1v) is 7.52. The summed E-state index contributed by atoms with van der Waals surface area (Å²) in [6, 6.07) is 9.29. The molecule has 122 valence electrons. The van der Waals surface area contributed by atoms with E-state index >= 15 is 0 Å². The van der Waals surface area contributed by atoms with Crippen molar-refractivity contribution in [3.05, 3.63) is 48.2 Å². The van der Waals surface area contributed by atoms with Crippen LogP contribution in [-0.2, 0) is 11.3 Å². The Kier molecular flexibility index (Phi) is 4.63. The van der Waals surface area contributed by atoms with E-state index in [1.165, 1.54) is 0 Å². The Morgan fingerprint density at radius 1 is 1.33 bits per heavy atom. The number of rotatable bonds is 6. The van der Waals surface area contributed by atoms with E-state index in [2.05, 4.69) is 26.6 Å². The number of benzene rings is 1. The maximum atomic E-state index is 9.01. The largest absolute Gasteiger partial charge is 0.383 e. The van der Waals surface area contributed by atoms with Crippen LogP contribution in [0.25, 0.3) is 11.3 Å². The third-order valence-electron chi connectivity index (χ3n) is 3.75. The van der Waals surface area contributed by atoms with Gasteiger partial charge in [0.05, 0.1) is 24.4 Å². The zero-order valence-electron chi connectivity index (χ0n) is 13.5. The van der Waals surface area contributed by atoms with Crippen LogP contribution in [0.15, 0.2) is 36.8 Å². The fourth-order valence-electron chi connectivity index (χ4n) is 2.41. The maximum Gasteiger partial charge on any atom is 0.157 e. The molecule has 0 radical (unpaired) electrons. The SMILES string of the molecule is COCCn1cnnc1[C@@H](C)n1cc(-c2cccc(C#N)c2)nn1. The molecule has 0 N–H and O–H groups in total. The van der Waals surface area contributed by atoms with E-state index in [1.54, 1.807) is 30.3 Å². The fourth-order valence-corrected chi connectivity index (χ4v) is 2.41. The molecular weight excluding hydrogens is 306 g/mol.